The Hall–Kier alpha value is -2.75. The average Bonchev–Trinajstić information content (AvgIpc) is 2.74. The summed E-state index contributed by atoms with van der Waals surface area (Å²) in [6.45, 7) is 1.83. The van der Waals surface area contributed by atoms with Crippen LogP contribution in [0, 0.1) is 6.92 Å². The molecule has 138 valence electrons. The number of aryl methyl sites for hydroxylation is 1. The van der Waals surface area contributed by atoms with Gasteiger partial charge in [-0.3, -0.25) is 0 Å². The zero-order valence-electron chi connectivity index (χ0n) is 16.4. The van der Waals surface area contributed by atoms with E-state index in [1.54, 1.807) is 6.07 Å². The van der Waals surface area contributed by atoms with E-state index in [-0.39, 0.29) is 34.6 Å². The molecule has 4 aromatic carbocycles. The number of rotatable bonds is 4. The van der Waals surface area contributed by atoms with Crippen molar-refractivity contribution in [3.05, 3.63) is 108 Å². The van der Waals surface area contributed by atoms with Crippen LogP contribution in [0.1, 0.15) is 16.7 Å². The first-order chi connectivity index (χ1) is 13.6. The molecule has 0 spiro atoms. The number of benzene rings is 4. The van der Waals surface area contributed by atoms with E-state index in [2.05, 4.69) is 0 Å². The zero-order valence-corrected chi connectivity index (χ0v) is 17.8. The maximum atomic E-state index is 12.7. The van der Waals surface area contributed by atoms with Crippen LogP contribution in [0.5, 0.6) is 11.5 Å². The van der Waals surface area contributed by atoms with E-state index in [1.165, 1.54) is 0 Å². The third-order valence-corrected chi connectivity index (χ3v) is 5.01. The quantitative estimate of drug-likeness (QED) is 0.476. The maximum absolute atomic E-state index is 12.7. The topological polar surface area (TPSA) is 46.1 Å². The normalized spacial score (nSPS) is 10.4. The van der Waals surface area contributed by atoms with Crippen LogP contribution >= 0.6 is 0 Å². The van der Waals surface area contributed by atoms with Crippen LogP contribution in [0.2, 0.25) is 0 Å². The molecule has 29 heavy (non-hydrogen) atoms. The fourth-order valence-electron chi connectivity index (χ4n) is 3.51. The van der Waals surface area contributed by atoms with Gasteiger partial charge in [0, 0.05) is 0 Å². The molecule has 0 radical (unpaired) electrons. The first kappa shape index (κ1) is 21.0. The molecule has 0 saturated carbocycles. The summed E-state index contributed by atoms with van der Waals surface area (Å²) in [6, 6.07) is 29.1. The summed E-state index contributed by atoms with van der Waals surface area (Å²) in [6.07, 6.45) is 0.333. The van der Waals surface area contributed by atoms with Crippen molar-refractivity contribution in [2.45, 2.75) is 13.3 Å². The summed E-state index contributed by atoms with van der Waals surface area (Å²) in [5, 5.41) is 25.2. The van der Waals surface area contributed by atoms with Crippen LogP contribution in [0.15, 0.2) is 91.0 Å². The van der Waals surface area contributed by atoms with E-state index in [1.807, 2.05) is 91.9 Å². The van der Waals surface area contributed by atoms with Gasteiger partial charge in [0.15, 0.2) is 0 Å². The van der Waals surface area contributed by atoms with Gasteiger partial charge in [-0.1, -0.05) is 108 Å². The van der Waals surface area contributed by atoms with E-state index in [0.717, 1.165) is 22.3 Å². The van der Waals surface area contributed by atoms with Crippen molar-refractivity contribution < 1.29 is 10.2 Å². The van der Waals surface area contributed by atoms with Crippen LogP contribution in [-0.4, -0.2) is 23.1 Å². The van der Waals surface area contributed by atoms with Crippen LogP contribution in [0.3, 0.4) is 0 Å². The molecule has 0 N–H and O–H groups in total. The van der Waals surface area contributed by atoms with E-state index in [0.29, 0.717) is 23.1 Å². The van der Waals surface area contributed by atoms with Crippen molar-refractivity contribution in [1.29, 1.82) is 0 Å². The Kier molecular flexibility index (Phi) is 6.62. The van der Waals surface area contributed by atoms with Gasteiger partial charge in [-0.15, -0.1) is 11.5 Å². The first-order valence-corrected chi connectivity index (χ1v) is 9.33. The summed E-state index contributed by atoms with van der Waals surface area (Å²) in [7, 11) is 0. The second-order valence-electron chi connectivity index (χ2n) is 7.01. The van der Waals surface area contributed by atoms with Gasteiger partial charge in [-0.25, -0.2) is 0 Å². The van der Waals surface area contributed by atoms with Crippen molar-refractivity contribution >= 4 is 23.1 Å². The SMILES string of the molecule is Cc1cc(-c2ccccc2)cc(Cc2cc(-c3ccccc3)ccc2[O-])c1[O-].[Mg+2]. The maximum Gasteiger partial charge on any atom is 2.00 e. The predicted octanol–water partition coefficient (Wildman–Crippen LogP) is 4.69. The van der Waals surface area contributed by atoms with E-state index in [4.69, 9.17) is 0 Å². The Morgan fingerprint density at radius 3 is 1.76 bits per heavy atom. The Labute approximate surface area is 187 Å². The van der Waals surface area contributed by atoms with Crippen molar-refractivity contribution in [2.75, 3.05) is 0 Å². The van der Waals surface area contributed by atoms with Gasteiger partial charge in [0.1, 0.15) is 0 Å². The third-order valence-electron chi connectivity index (χ3n) is 5.01. The minimum Gasteiger partial charge on any atom is -0.872 e. The van der Waals surface area contributed by atoms with E-state index in [9.17, 15) is 10.2 Å². The van der Waals surface area contributed by atoms with Gasteiger partial charge in [0.05, 0.1) is 0 Å². The molecule has 0 saturated heterocycles. The van der Waals surface area contributed by atoms with Gasteiger partial charge in [0.2, 0.25) is 0 Å². The molecular formula is C26H20MgO2. The van der Waals surface area contributed by atoms with Crippen molar-refractivity contribution in [1.82, 2.24) is 0 Å². The third kappa shape index (κ3) is 4.64. The van der Waals surface area contributed by atoms with Crippen LogP contribution in [0.4, 0.5) is 0 Å². The molecule has 0 bridgehead atoms. The molecule has 0 fully saturated rings. The van der Waals surface area contributed by atoms with Crippen molar-refractivity contribution in [3.63, 3.8) is 0 Å². The molecule has 0 unspecified atom stereocenters. The van der Waals surface area contributed by atoms with Crippen LogP contribution < -0.4 is 10.2 Å². The number of hydrogen-bond acceptors (Lipinski definition) is 2. The van der Waals surface area contributed by atoms with Gasteiger partial charge in [0.25, 0.3) is 0 Å². The molecule has 0 heterocycles. The second-order valence-corrected chi connectivity index (χ2v) is 7.01. The Bertz CT molecular complexity index is 1110. The molecule has 0 atom stereocenters. The molecular weight excluding hydrogens is 369 g/mol. The Morgan fingerprint density at radius 2 is 1.14 bits per heavy atom. The molecule has 2 nitrogen and oxygen atoms in total. The van der Waals surface area contributed by atoms with E-state index >= 15 is 0 Å². The zero-order chi connectivity index (χ0) is 19.5. The van der Waals surface area contributed by atoms with Crippen molar-refractivity contribution in [2.24, 2.45) is 0 Å². The predicted molar refractivity (Wildman–Crippen MR) is 116 cm³/mol. The first-order valence-electron chi connectivity index (χ1n) is 9.33. The summed E-state index contributed by atoms with van der Waals surface area (Å²) in [4.78, 5) is 0. The second kappa shape index (κ2) is 9.16. The Balaban J connectivity index is 0.00000240. The molecule has 0 amide bonds. The van der Waals surface area contributed by atoms with Gasteiger partial charge < -0.3 is 10.2 Å². The largest absolute Gasteiger partial charge is 2.00 e. The summed E-state index contributed by atoms with van der Waals surface area (Å²) < 4.78 is 0. The Morgan fingerprint density at radius 1 is 0.586 bits per heavy atom. The molecule has 0 aliphatic rings. The van der Waals surface area contributed by atoms with Gasteiger partial charge >= 0.3 is 23.1 Å². The van der Waals surface area contributed by atoms with Gasteiger partial charge in [-0.2, -0.15) is 0 Å². The minimum atomic E-state index is -0.0400. The standard InChI is InChI=1S/C26H22O2.Mg/c1-18-14-22(20-10-6-3-7-11-20)16-24(26(18)28)17-23-15-21(12-13-25(23)27)19-8-4-2-5-9-19;/h2-16,27-28H,17H2,1H3;/q;+2/p-2. The average molecular weight is 389 g/mol. The molecule has 0 aromatic heterocycles. The van der Waals surface area contributed by atoms with Crippen LogP contribution in [-0.2, 0) is 6.42 Å². The number of hydrogen-bond donors (Lipinski definition) is 0. The smallest absolute Gasteiger partial charge is 0.872 e. The minimum absolute atomic E-state index is 0. The van der Waals surface area contributed by atoms with E-state index < -0.39 is 0 Å². The fourth-order valence-corrected chi connectivity index (χ4v) is 3.51. The van der Waals surface area contributed by atoms with Gasteiger partial charge in [-0.05, 0) is 35.6 Å². The molecule has 4 rings (SSSR count). The summed E-state index contributed by atoms with van der Waals surface area (Å²) >= 11 is 0. The summed E-state index contributed by atoms with van der Waals surface area (Å²) in [5.41, 5.74) is 6.10. The molecule has 4 aromatic rings. The molecule has 3 heteroatoms. The fraction of sp³-hybridized carbons (Fsp3) is 0.0769. The summed E-state index contributed by atoms with van der Waals surface area (Å²) in [5.74, 6) is -0.0361. The molecule has 0 aliphatic heterocycles. The van der Waals surface area contributed by atoms with Crippen molar-refractivity contribution in [3.8, 4) is 33.8 Å². The van der Waals surface area contributed by atoms with Crippen LogP contribution in [0.25, 0.3) is 22.3 Å². The monoisotopic (exact) mass is 388 g/mol. The molecule has 0 aliphatic carbocycles.